The number of unbranched alkanes of at least 4 members (excludes halogenated alkanes) is 8. The molecule has 0 fully saturated rings. The first-order chi connectivity index (χ1) is 11.8. The smallest absolute Gasteiger partial charge is 0.305 e. The van der Waals surface area contributed by atoms with Crippen molar-refractivity contribution in [2.75, 3.05) is 7.11 Å². The van der Waals surface area contributed by atoms with Gasteiger partial charge >= 0.3 is 5.97 Å². The molecule has 0 bridgehead atoms. The van der Waals surface area contributed by atoms with Crippen molar-refractivity contribution in [3.63, 3.8) is 0 Å². The van der Waals surface area contributed by atoms with Crippen molar-refractivity contribution in [3.05, 3.63) is 36.5 Å². The van der Waals surface area contributed by atoms with Crippen molar-refractivity contribution in [2.45, 2.75) is 90.4 Å². The lowest BCUT2D eigenvalue weighted by Crippen LogP contribution is -1.99. The maximum absolute atomic E-state index is 10.9. The normalized spacial score (nSPS) is 11.9. The lowest BCUT2D eigenvalue weighted by molar-refractivity contribution is -0.140. The zero-order valence-electron chi connectivity index (χ0n) is 16.0. The Morgan fingerprint density at radius 2 is 1.21 bits per heavy atom. The van der Waals surface area contributed by atoms with Gasteiger partial charge in [0.1, 0.15) is 0 Å². The van der Waals surface area contributed by atoms with Crippen LogP contribution in [0.25, 0.3) is 0 Å². The largest absolute Gasteiger partial charge is 0.469 e. The van der Waals surface area contributed by atoms with Gasteiger partial charge in [0.2, 0.25) is 0 Å². The molecule has 0 aliphatic carbocycles. The molecule has 0 amide bonds. The maximum atomic E-state index is 10.9. The molecule has 24 heavy (non-hydrogen) atoms. The monoisotopic (exact) mass is 334 g/mol. The predicted octanol–water partition coefficient (Wildman–Crippen LogP) is 6.92. The van der Waals surface area contributed by atoms with Crippen molar-refractivity contribution in [3.8, 4) is 0 Å². The highest BCUT2D eigenvalue weighted by molar-refractivity contribution is 5.68. The Bertz CT molecular complexity index is 353. The molecular formula is C22H38O2. The van der Waals surface area contributed by atoms with E-state index < -0.39 is 0 Å². The van der Waals surface area contributed by atoms with Crippen LogP contribution in [0.4, 0.5) is 0 Å². The van der Waals surface area contributed by atoms with Crippen LogP contribution in [0.15, 0.2) is 36.5 Å². The second kappa shape index (κ2) is 19.7. The molecule has 0 radical (unpaired) electrons. The van der Waals surface area contributed by atoms with E-state index in [4.69, 9.17) is 0 Å². The minimum absolute atomic E-state index is 0.0770. The molecule has 0 spiro atoms. The molecule has 0 aliphatic rings. The summed E-state index contributed by atoms with van der Waals surface area (Å²) < 4.78 is 4.63. The van der Waals surface area contributed by atoms with Gasteiger partial charge in [0.15, 0.2) is 0 Å². The first-order valence-electron chi connectivity index (χ1n) is 9.83. The van der Waals surface area contributed by atoms with Crippen LogP contribution in [-0.2, 0) is 9.53 Å². The molecule has 0 rings (SSSR count). The van der Waals surface area contributed by atoms with Crippen molar-refractivity contribution >= 4 is 5.97 Å². The molecule has 0 aliphatic heterocycles. The molecule has 2 nitrogen and oxygen atoms in total. The fourth-order valence-electron chi connectivity index (χ4n) is 2.52. The summed E-state index contributed by atoms with van der Waals surface area (Å²) in [5.74, 6) is -0.0770. The third-order valence-electron chi connectivity index (χ3n) is 4.01. The lowest BCUT2D eigenvalue weighted by Gasteiger charge is -2.01. The minimum atomic E-state index is -0.0770. The van der Waals surface area contributed by atoms with Crippen LogP contribution < -0.4 is 0 Å². The number of hydrogen-bond donors (Lipinski definition) is 0. The molecule has 0 aromatic heterocycles. The van der Waals surface area contributed by atoms with E-state index in [1.165, 1.54) is 52.1 Å². The molecule has 0 unspecified atom stereocenters. The fourth-order valence-corrected chi connectivity index (χ4v) is 2.52. The van der Waals surface area contributed by atoms with Crippen molar-refractivity contribution < 1.29 is 9.53 Å². The number of carbonyl (C=O) groups is 1. The quantitative estimate of drug-likeness (QED) is 0.174. The summed E-state index contributed by atoms with van der Waals surface area (Å²) in [4.78, 5) is 10.9. The highest BCUT2D eigenvalue weighted by Gasteiger charge is 1.98. The third-order valence-corrected chi connectivity index (χ3v) is 4.01. The first kappa shape index (κ1) is 22.7. The average molecular weight is 335 g/mol. The average Bonchev–Trinajstić information content (AvgIpc) is 2.60. The third kappa shape index (κ3) is 18.7. The van der Waals surface area contributed by atoms with Crippen LogP contribution in [0.2, 0.25) is 0 Å². The summed E-state index contributed by atoms with van der Waals surface area (Å²) in [5, 5.41) is 0. The van der Waals surface area contributed by atoms with E-state index in [1.807, 2.05) is 0 Å². The summed E-state index contributed by atoms with van der Waals surface area (Å²) in [6.45, 7) is 2.16. The lowest BCUT2D eigenvalue weighted by atomic mass is 10.1. The van der Waals surface area contributed by atoms with Gasteiger partial charge in [-0.05, 0) is 38.5 Å². The second-order valence-electron chi connectivity index (χ2n) is 6.24. The minimum Gasteiger partial charge on any atom is -0.469 e. The molecule has 0 aromatic carbocycles. The zero-order chi connectivity index (χ0) is 17.7. The van der Waals surface area contributed by atoms with Gasteiger partial charge in [-0.2, -0.15) is 0 Å². The van der Waals surface area contributed by atoms with E-state index in [2.05, 4.69) is 48.1 Å². The molecule has 138 valence electrons. The Hall–Kier alpha value is -1.31. The number of carbonyl (C=O) groups excluding carboxylic acids is 1. The topological polar surface area (TPSA) is 26.3 Å². The molecule has 0 aromatic rings. The highest BCUT2D eigenvalue weighted by Crippen LogP contribution is 2.11. The summed E-state index contributed by atoms with van der Waals surface area (Å²) in [7, 11) is 1.46. The van der Waals surface area contributed by atoms with Crippen LogP contribution in [-0.4, -0.2) is 13.1 Å². The van der Waals surface area contributed by atoms with Crippen LogP contribution in [0.5, 0.6) is 0 Å². The molecule has 0 heterocycles. The zero-order valence-corrected chi connectivity index (χ0v) is 16.0. The molecule has 2 heteroatoms. The number of allylic oxidation sites excluding steroid dienone is 6. The van der Waals surface area contributed by atoms with Crippen molar-refractivity contribution in [2.24, 2.45) is 0 Å². The Balaban J connectivity index is 3.20. The van der Waals surface area contributed by atoms with Gasteiger partial charge in [0, 0.05) is 6.42 Å². The molecule has 0 N–H and O–H groups in total. The Kier molecular flexibility index (Phi) is 18.7. The van der Waals surface area contributed by atoms with E-state index in [1.54, 1.807) is 0 Å². The fraction of sp³-hybridized carbons (Fsp3) is 0.682. The van der Waals surface area contributed by atoms with E-state index in [-0.39, 0.29) is 5.97 Å². The molecular weight excluding hydrogens is 296 g/mol. The first-order valence-corrected chi connectivity index (χ1v) is 9.83. The van der Waals surface area contributed by atoms with Gasteiger partial charge in [-0.1, -0.05) is 81.9 Å². The van der Waals surface area contributed by atoms with Crippen LogP contribution in [0.3, 0.4) is 0 Å². The molecule has 0 saturated carbocycles. The second-order valence-corrected chi connectivity index (χ2v) is 6.24. The van der Waals surface area contributed by atoms with E-state index in [9.17, 15) is 4.79 Å². The van der Waals surface area contributed by atoms with Gasteiger partial charge in [-0.25, -0.2) is 0 Å². The number of hydrogen-bond acceptors (Lipinski definition) is 2. The van der Waals surface area contributed by atoms with Gasteiger partial charge in [-0.3, -0.25) is 4.79 Å². The summed E-state index contributed by atoms with van der Waals surface area (Å²) in [5.41, 5.74) is 0. The number of rotatable bonds is 16. The van der Waals surface area contributed by atoms with Crippen molar-refractivity contribution in [1.29, 1.82) is 0 Å². The van der Waals surface area contributed by atoms with Crippen LogP contribution in [0, 0.1) is 0 Å². The molecule has 0 saturated heterocycles. The maximum Gasteiger partial charge on any atom is 0.305 e. The predicted molar refractivity (Wildman–Crippen MR) is 105 cm³/mol. The summed E-state index contributed by atoms with van der Waals surface area (Å²) >= 11 is 0. The van der Waals surface area contributed by atoms with E-state index in [0.717, 1.165) is 32.1 Å². The Morgan fingerprint density at radius 1 is 0.708 bits per heavy atom. The van der Waals surface area contributed by atoms with Crippen LogP contribution in [0.1, 0.15) is 90.4 Å². The number of ether oxygens (including phenoxy) is 1. The Labute approximate surface area is 150 Å². The highest BCUT2D eigenvalue weighted by atomic mass is 16.5. The Morgan fingerprint density at radius 3 is 1.79 bits per heavy atom. The van der Waals surface area contributed by atoms with E-state index >= 15 is 0 Å². The van der Waals surface area contributed by atoms with Crippen molar-refractivity contribution in [1.82, 2.24) is 0 Å². The van der Waals surface area contributed by atoms with Gasteiger partial charge in [0.05, 0.1) is 7.11 Å². The van der Waals surface area contributed by atoms with Crippen LogP contribution >= 0.6 is 0 Å². The summed E-state index contributed by atoms with van der Waals surface area (Å²) in [6.07, 6.45) is 28.5. The standard InChI is InChI=1S/C22H38O2/c1-3-4-5-6-7-8-9-10-11-12-13-14-15-16-17-18-19-20-21-22(23)24-2/h4-5,7-8,10-11H,3,6,9,12-21H2,1-2H3. The SMILES string of the molecule is CCC=CCC=CCC=CCCCCCCCCCCC(=O)OC. The number of esters is 1. The number of methoxy groups -OCH3 is 1. The van der Waals surface area contributed by atoms with E-state index in [0.29, 0.717) is 6.42 Å². The van der Waals surface area contributed by atoms with Gasteiger partial charge < -0.3 is 4.74 Å². The molecule has 0 atom stereocenters. The van der Waals surface area contributed by atoms with Gasteiger partial charge in [0.25, 0.3) is 0 Å². The van der Waals surface area contributed by atoms with Gasteiger partial charge in [-0.15, -0.1) is 0 Å². The summed E-state index contributed by atoms with van der Waals surface area (Å²) in [6, 6.07) is 0.